The third-order valence-electron chi connectivity index (χ3n) is 2.07. The summed E-state index contributed by atoms with van der Waals surface area (Å²) in [6, 6.07) is 9.10. The van der Waals surface area contributed by atoms with Gasteiger partial charge in [0.1, 0.15) is 6.29 Å². The third kappa shape index (κ3) is 4.40. The van der Waals surface area contributed by atoms with Gasteiger partial charge in [0.15, 0.2) is 0 Å². The van der Waals surface area contributed by atoms with Crippen LogP contribution in [0.4, 0.5) is 0 Å². The summed E-state index contributed by atoms with van der Waals surface area (Å²) in [4.78, 5) is 21.5. The molecular formula is C12H15NO2. The first-order valence-corrected chi connectivity index (χ1v) is 5.11. The van der Waals surface area contributed by atoms with Crippen LogP contribution in [0.5, 0.6) is 0 Å². The Bertz CT molecular complexity index is 309. The highest BCUT2D eigenvalue weighted by Crippen LogP contribution is 1.98. The summed E-state index contributed by atoms with van der Waals surface area (Å²) in [5.74, 6) is -0.0540. The number of benzene rings is 1. The molecule has 1 rings (SSSR count). The molecule has 0 unspecified atom stereocenters. The van der Waals surface area contributed by atoms with E-state index in [1.807, 2.05) is 18.2 Å². The first-order chi connectivity index (χ1) is 7.34. The van der Waals surface area contributed by atoms with E-state index in [1.165, 1.54) is 0 Å². The zero-order chi connectivity index (χ0) is 10.9. The number of rotatable bonds is 6. The number of carbonyl (C=O) groups excluding carboxylic acids is 2. The van der Waals surface area contributed by atoms with Gasteiger partial charge in [-0.15, -0.1) is 0 Å². The van der Waals surface area contributed by atoms with Crippen molar-refractivity contribution in [3.8, 4) is 0 Å². The molecule has 0 bridgehead atoms. The van der Waals surface area contributed by atoms with E-state index in [4.69, 9.17) is 0 Å². The molecule has 0 heterocycles. The maximum atomic E-state index is 11.5. The number of nitrogens with one attached hydrogen (secondary N) is 1. The van der Waals surface area contributed by atoms with Crippen LogP contribution in [0.2, 0.25) is 0 Å². The van der Waals surface area contributed by atoms with Gasteiger partial charge < -0.3 is 10.1 Å². The molecule has 0 radical (unpaired) electrons. The number of amides is 1. The molecule has 0 spiro atoms. The highest BCUT2D eigenvalue weighted by atomic mass is 16.1. The minimum Gasteiger partial charge on any atom is -0.352 e. The Kier molecular flexibility index (Phi) is 5.15. The predicted octanol–water partition coefficient (Wildman–Crippen LogP) is 1.79. The van der Waals surface area contributed by atoms with Crippen molar-refractivity contribution in [2.75, 3.05) is 6.54 Å². The molecule has 80 valence electrons. The van der Waals surface area contributed by atoms with Crippen molar-refractivity contribution in [3.63, 3.8) is 0 Å². The normalized spacial score (nSPS) is 9.60. The SMILES string of the molecule is O=CCCCCNC(=O)c1ccccc1. The van der Waals surface area contributed by atoms with E-state index in [0.717, 1.165) is 19.1 Å². The van der Waals surface area contributed by atoms with Gasteiger partial charge in [-0.05, 0) is 25.0 Å². The first-order valence-electron chi connectivity index (χ1n) is 5.11. The van der Waals surface area contributed by atoms with Gasteiger partial charge in [0.2, 0.25) is 0 Å². The number of carbonyl (C=O) groups is 2. The summed E-state index contributed by atoms with van der Waals surface area (Å²) in [6.07, 6.45) is 3.15. The Morgan fingerprint density at radius 1 is 1.20 bits per heavy atom. The molecule has 0 aliphatic carbocycles. The molecule has 0 saturated heterocycles. The molecular weight excluding hydrogens is 190 g/mol. The summed E-state index contributed by atoms with van der Waals surface area (Å²) >= 11 is 0. The molecule has 1 amide bonds. The lowest BCUT2D eigenvalue weighted by molar-refractivity contribution is -0.107. The molecule has 1 aromatic carbocycles. The maximum absolute atomic E-state index is 11.5. The fourth-order valence-electron chi connectivity index (χ4n) is 1.25. The van der Waals surface area contributed by atoms with Crippen LogP contribution in [-0.4, -0.2) is 18.7 Å². The smallest absolute Gasteiger partial charge is 0.251 e. The average molecular weight is 205 g/mol. The van der Waals surface area contributed by atoms with Crippen molar-refractivity contribution in [1.82, 2.24) is 5.32 Å². The van der Waals surface area contributed by atoms with Crippen LogP contribution in [0.25, 0.3) is 0 Å². The van der Waals surface area contributed by atoms with Gasteiger partial charge in [0.05, 0.1) is 0 Å². The van der Waals surface area contributed by atoms with Crippen LogP contribution in [-0.2, 0) is 4.79 Å². The Labute approximate surface area is 89.5 Å². The van der Waals surface area contributed by atoms with Crippen LogP contribution >= 0.6 is 0 Å². The van der Waals surface area contributed by atoms with Gasteiger partial charge in [0, 0.05) is 18.5 Å². The molecule has 15 heavy (non-hydrogen) atoms. The molecule has 0 aliphatic heterocycles. The van der Waals surface area contributed by atoms with Crippen molar-refractivity contribution < 1.29 is 9.59 Å². The number of hydrogen-bond acceptors (Lipinski definition) is 2. The van der Waals surface area contributed by atoms with Crippen LogP contribution in [0, 0.1) is 0 Å². The molecule has 1 aromatic rings. The van der Waals surface area contributed by atoms with E-state index < -0.39 is 0 Å². The van der Waals surface area contributed by atoms with Crippen molar-refractivity contribution >= 4 is 12.2 Å². The Hall–Kier alpha value is -1.64. The molecule has 3 nitrogen and oxygen atoms in total. The second kappa shape index (κ2) is 6.76. The van der Waals surface area contributed by atoms with Crippen molar-refractivity contribution in [3.05, 3.63) is 35.9 Å². The van der Waals surface area contributed by atoms with Gasteiger partial charge in [-0.1, -0.05) is 18.2 Å². The van der Waals surface area contributed by atoms with E-state index >= 15 is 0 Å². The van der Waals surface area contributed by atoms with Crippen molar-refractivity contribution in [2.45, 2.75) is 19.3 Å². The highest BCUT2D eigenvalue weighted by molar-refractivity contribution is 5.94. The second-order valence-electron chi connectivity index (χ2n) is 3.28. The largest absolute Gasteiger partial charge is 0.352 e. The molecule has 0 aliphatic rings. The van der Waals surface area contributed by atoms with Crippen LogP contribution in [0.15, 0.2) is 30.3 Å². The number of hydrogen-bond donors (Lipinski definition) is 1. The fourth-order valence-corrected chi connectivity index (χ4v) is 1.25. The molecule has 1 N–H and O–H groups in total. The average Bonchev–Trinajstić information content (AvgIpc) is 2.30. The molecule has 0 aromatic heterocycles. The van der Waals surface area contributed by atoms with Gasteiger partial charge in [-0.3, -0.25) is 4.79 Å². The van der Waals surface area contributed by atoms with Crippen LogP contribution < -0.4 is 5.32 Å². The third-order valence-corrected chi connectivity index (χ3v) is 2.07. The van der Waals surface area contributed by atoms with Crippen LogP contribution in [0.3, 0.4) is 0 Å². The van der Waals surface area contributed by atoms with Gasteiger partial charge in [-0.25, -0.2) is 0 Å². The number of aldehydes is 1. The monoisotopic (exact) mass is 205 g/mol. The molecule has 0 fully saturated rings. The van der Waals surface area contributed by atoms with Gasteiger partial charge in [0.25, 0.3) is 5.91 Å². The summed E-state index contributed by atoms with van der Waals surface area (Å²) in [5, 5.41) is 2.80. The van der Waals surface area contributed by atoms with E-state index in [2.05, 4.69) is 5.32 Å². The Morgan fingerprint density at radius 2 is 1.93 bits per heavy atom. The zero-order valence-electron chi connectivity index (χ0n) is 8.61. The van der Waals surface area contributed by atoms with Gasteiger partial charge >= 0.3 is 0 Å². The second-order valence-corrected chi connectivity index (χ2v) is 3.28. The lowest BCUT2D eigenvalue weighted by atomic mass is 10.2. The summed E-state index contributed by atoms with van der Waals surface area (Å²) in [7, 11) is 0. The van der Waals surface area contributed by atoms with Gasteiger partial charge in [-0.2, -0.15) is 0 Å². The van der Waals surface area contributed by atoms with E-state index in [0.29, 0.717) is 18.5 Å². The van der Waals surface area contributed by atoms with Crippen molar-refractivity contribution in [1.29, 1.82) is 0 Å². The topological polar surface area (TPSA) is 46.2 Å². The highest BCUT2D eigenvalue weighted by Gasteiger charge is 2.01. The molecule has 0 atom stereocenters. The van der Waals surface area contributed by atoms with Crippen molar-refractivity contribution in [2.24, 2.45) is 0 Å². The quantitative estimate of drug-likeness (QED) is 0.568. The Morgan fingerprint density at radius 3 is 2.60 bits per heavy atom. The van der Waals surface area contributed by atoms with E-state index in [9.17, 15) is 9.59 Å². The fraction of sp³-hybridized carbons (Fsp3) is 0.333. The summed E-state index contributed by atoms with van der Waals surface area (Å²) < 4.78 is 0. The first kappa shape index (κ1) is 11.4. The summed E-state index contributed by atoms with van der Waals surface area (Å²) in [6.45, 7) is 0.627. The van der Waals surface area contributed by atoms with Crippen LogP contribution in [0.1, 0.15) is 29.6 Å². The molecule has 3 heteroatoms. The van der Waals surface area contributed by atoms with E-state index in [1.54, 1.807) is 12.1 Å². The van der Waals surface area contributed by atoms with E-state index in [-0.39, 0.29) is 5.91 Å². The lowest BCUT2D eigenvalue weighted by Gasteiger charge is -2.03. The Balaban J connectivity index is 2.22. The zero-order valence-corrected chi connectivity index (χ0v) is 8.61. The maximum Gasteiger partial charge on any atom is 0.251 e. The minimum absolute atomic E-state index is 0.0540. The molecule has 0 saturated carbocycles. The predicted molar refractivity (Wildman–Crippen MR) is 58.7 cm³/mol. The number of unbranched alkanes of at least 4 members (excludes halogenated alkanes) is 2. The minimum atomic E-state index is -0.0540. The lowest BCUT2D eigenvalue weighted by Crippen LogP contribution is -2.24. The standard InChI is InChI=1S/C12H15NO2/c14-10-6-2-5-9-13-12(15)11-7-3-1-4-8-11/h1,3-4,7-8,10H,2,5-6,9H2,(H,13,15). The summed E-state index contributed by atoms with van der Waals surface area (Å²) in [5.41, 5.74) is 0.674.